The van der Waals surface area contributed by atoms with Crippen LogP contribution in [0.3, 0.4) is 0 Å². The molecule has 2 aromatic heterocycles. The molecule has 1 nitrogen and oxygen atoms in total. The molecule has 0 N–H and O–H groups in total. The molecule has 2 heterocycles. The van der Waals surface area contributed by atoms with Gasteiger partial charge in [-0.05, 0) is 42.5 Å². The number of hydrogen-bond acceptors (Lipinski definition) is 2. The molecule has 0 aliphatic rings. The van der Waals surface area contributed by atoms with Crippen molar-refractivity contribution in [3.63, 3.8) is 0 Å². The van der Waals surface area contributed by atoms with Gasteiger partial charge in [0, 0.05) is 5.39 Å². The van der Waals surface area contributed by atoms with Gasteiger partial charge in [0.15, 0.2) is 0 Å². The van der Waals surface area contributed by atoms with Crippen LogP contribution in [0.15, 0.2) is 41.8 Å². The van der Waals surface area contributed by atoms with Gasteiger partial charge in [0.2, 0.25) is 0 Å². The highest BCUT2D eigenvalue weighted by Gasteiger charge is 2.10. The topological polar surface area (TPSA) is 12.9 Å². The Balaban J connectivity index is 2.37. The van der Waals surface area contributed by atoms with E-state index < -0.39 is 0 Å². The minimum Gasteiger partial charge on any atom is -0.247 e. The summed E-state index contributed by atoms with van der Waals surface area (Å²) in [6.45, 7) is 4.33. The van der Waals surface area contributed by atoms with Crippen molar-refractivity contribution in [3.05, 3.63) is 52.9 Å². The van der Waals surface area contributed by atoms with Gasteiger partial charge in [0.1, 0.15) is 0 Å². The summed E-state index contributed by atoms with van der Waals surface area (Å²) >= 11 is 1.74. The molecule has 0 atom stereocenters. The number of thiophene rings is 1. The van der Waals surface area contributed by atoms with Crippen molar-refractivity contribution in [3.8, 4) is 10.6 Å². The Morgan fingerprint density at radius 2 is 1.76 bits per heavy atom. The van der Waals surface area contributed by atoms with Crippen LogP contribution in [-0.2, 0) is 0 Å². The third-order valence-electron chi connectivity index (χ3n) is 3.21. The fourth-order valence-corrected chi connectivity index (χ4v) is 2.90. The molecule has 2 heteroatoms. The Morgan fingerprint density at radius 3 is 2.53 bits per heavy atom. The molecule has 0 amide bonds. The lowest BCUT2D eigenvalue weighted by atomic mass is 10.0. The van der Waals surface area contributed by atoms with Crippen molar-refractivity contribution >= 4 is 22.2 Å². The summed E-state index contributed by atoms with van der Waals surface area (Å²) in [5, 5.41) is 3.35. The van der Waals surface area contributed by atoms with Crippen molar-refractivity contribution in [2.24, 2.45) is 0 Å². The molecule has 0 radical (unpaired) electrons. The molecular formula is C15H13NS. The predicted molar refractivity (Wildman–Crippen MR) is 74.5 cm³/mol. The third-order valence-corrected chi connectivity index (χ3v) is 4.09. The first-order valence-electron chi connectivity index (χ1n) is 5.67. The normalized spacial score (nSPS) is 10.9. The molecule has 0 unspecified atom stereocenters. The highest BCUT2D eigenvalue weighted by Crippen LogP contribution is 2.31. The number of para-hydroxylation sites is 1. The molecule has 0 saturated heterocycles. The molecule has 1 aromatic carbocycles. The maximum Gasteiger partial charge on any atom is 0.0841 e. The van der Waals surface area contributed by atoms with Crippen LogP contribution >= 0.6 is 11.3 Å². The molecule has 3 rings (SSSR count). The fourth-order valence-electron chi connectivity index (χ4n) is 2.13. The Kier molecular flexibility index (Phi) is 2.45. The molecule has 0 saturated carbocycles. The minimum absolute atomic E-state index is 1.08. The highest BCUT2D eigenvalue weighted by atomic mass is 32.1. The Bertz CT molecular complexity index is 669. The van der Waals surface area contributed by atoms with E-state index in [9.17, 15) is 0 Å². The van der Waals surface area contributed by atoms with Crippen LogP contribution < -0.4 is 0 Å². The van der Waals surface area contributed by atoms with E-state index in [1.807, 2.05) is 6.07 Å². The number of benzene rings is 1. The van der Waals surface area contributed by atoms with Gasteiger partial charge in [-0.25, -0.2) is 4.98 Å². The number of aryl methyl sites for hydroxylation is 1. The molecule has 0 spiro atoms. The quantitative estimate of drug-likeness (QED) is 0.605. The molecule has 17 heavy (non-hydrogen) atoms. The number of pyridine rings is 1. The lowest BCUT2D eigenvalue weighted by Crippen LogP contribution is -1.92. The van der Waals surface area contributed by atoms with Gasteiger partial charge in [-0.3, -0.25) is 0 Å². The van der Waals surface area contributed by atoms with Crippen molar-refractivity contribution in [1.29, 1.82) is 0 Å². The Labute approximate surface area is 105 Å². The van der Waals surface area contributed by atoms with Gasteiger partial charge < -0.3 is 0 Å². The fraction of sp³-hybridized carbons (Fsp3) is 0.133. The first-order valence-corrected chi connectivity index (χ1v) is 6.55. The van der Waals surface area contributed by atoms with E-state index in [4.69, 9.17) is 4.98 Å². The molecule has 0 aliphatic carbocycles. The molecule has 0 aliphatic heterocycles. The average Bonchev–Trinajstić information content (AvgIpc) is 2.87. The zero-order valence-corrected chi connectivity index (χ0v) is 10.7. The van der Waals surface area contributed by atoms with Crippen LogP contribution in [0.5, 0.6) is 0 Å². The summed E-state index contributed by atoms with van der Waals surface area (Å²) in [6.07, 6.45) is 0. The smallest absolute Gasteiger partial charge is 0.0841 e. The maximum absolute atomic E-state index is 4.79. The van der Waals surface area contributed by atoms with E-state index in [0.717, 1.165) is 11.2 Å². The molecule has 84 valence electrons. The van der Waals surface area contributed by atoms with Crippen molar-refractivity contribution < 1.29 is 0 Å². The minimum atomic E-state index is 1.08. The van der Waals surface area contributed by atoms with Crippen LogP contribution in [0, 0.1) is 13.8 Å². The number of aromatic nitrogens is 1. The van der Waals surface area contributed by atoms with E-state index in [1.54, 1.807) is 11.3 Å². The summed E-state index contributed by atoms with van der Waals surface area (Å²) in [7, 11) is 0. The average molecular weight is 239 g/mol. The molecule has 0 bridgehead atoms. The first-order chi connectivity index (χ1) is 8.27. The monoisotopic (exact) mass is 239 g/mol. The lowest BCUT2D eigenvalue weighted by Gasteiger charge is -2.10. The second kappa shape index (κ2) is 3.97. The zero-order valence-electron chi connectivity index (χ0n) is 9.90. The van der Waals surface area contributed by atoms with Crippen LogP contribution in [-0.4, -0.2) is 4.98 Å². The first kappa shape index (κ1) is 10.5. The third kappa shape index (κ3) is 1.65. The van der Waals surface area contributed by atoms with Crippen molar-refractivity contribution in [2.75, 3.05) is 0 Å². The lowest BCUT2D eigenvalue weighted by molar-refractivity contribution is 1.29. The zero-order chi connectivity index (χ0) is 11.8. The predicted octanol–water partition coefficient (Wildman–Crippen LogP) is 4.58. The molecule has 3 aromatic rings. The van der Waals surface area contributed by atoms with E-state index >= 15 is 0 Å². The summed E-state index contributed by atoms with van der Waals surface area (Å²) in [6, 6.07) is 12.5. The second-order valence-electron chi connectivity index (χ2n) is 4.20. The van der Waals surface area contributed by atoms with Gasteiger partial charge >= 0.3 is 0 Å². The van der Waals surface area contributed by atoms with Gasteiger partial charge in [0.05, 0.1) is 16.1 Å². The molecular weight excluding hydrogens is 226 g/mol. The maximum atomic E-state index is 4.79. The van der Waals surface area contributed by atoms with Gasteiger partial charge in [0.25, 0.3) is 0 Å². The number of hydrogen-bond donors (Lipinski definition) is 0. The number of nitrogens with zero attached hydrogens (tertiary/aromatic N) is 1. The highest BCUT2D eigenvalue weighted by molar-refractivity contribution is 7.13. The standard InChI is InChI=1S/C15H13NS/c1-10-11(2)15(14-8-5-9-17-14)16-13-7-4-3-6-12(10)13/h3-9H,1-2H3. The van der Waals surface area contributed by atoms with Crippen LogP contribution in [0.25, 0.3) is 21.5 Å². The molecule has 0 fully saturated rings. The van der Waals surface area contributed by atoms with Crippen LogP contribution in [0.4, 0.5) is 0 Å². The Morgan fingerprint density at radius 1 is 0.941 bits per heavy atom. The van der Waals surface area contributed by atoms with Gasteiger partial charge in [-0.2, -0.15) is 0 Å². The van der Waals surface area contributed by atoms with Crippen molar-refractivity contribution in [1.82, 2.24) is 4.98 Å². The SMILES string of the molecule is Cc1c(-c2cccs2)nc2ccccc2c1C. The van der Waals surface area contributed by atoms with E-state index in [0.29, 0.717) is 0 Å². The summed E-state index contributed by atoms with van der Waals surface area (Å²) in [5.41, 5.74) is 4.82. The van der Waals surface area contributed by atoms with Crippen LogP contribution in [0.2, 0.25) is 0 Å². The van der Waals surface area contributed by atoms with Gasteiger partial charge in [-0.1, -0.05) is 24.3 Å². The number of rotatable bonds is 1. The largest absolute Gasteiger partial charge is 0.247 e. The number of fused-ring (bicyclic) bond motifs is 1. The van der Waals surface area contributed by atoms with Gasteiger partial charge in [-0.15, -0.1) is 11.3 Å². The summed E-state index contributed by atoms with van der Waals surface area (Å²) < 4.78 is 0. The summed E-state index contributed by atoms with van der Waals surface area (Å²) in [5.74, 6) is 0. The van der Waals surface area contributed by atoms with Crippen LogP contribution in [0.1, 0.15) is 11.1 Å². The summed E-state index contributed by atoms with van der Waals surface area (Å²) in [4.78, 5) is 6.04. The van der Waals surface area contributed by atoms with E-state index in [-0.39, 0.29) is 0 Å². The van der Waals surface area contributed by atoms with E-state index in [2.05, 4.69) is 49.6 Å². The second-order valence-corrected chi connectivity index (χ2v) is 5.15. The van der Waals surface area contributed by atoms with Crippen molar-refractivity contribution in [2.45, 2.75) is 13.8 Å². The van der Waals surface area contributed by atoms with E-state index in [1.165, 1.54) is 21.4 Å². The Hall–Kier alpha value is -1.67.